The monoisotopic (exact) mass is 267 g/mol. The van der Waals surface area contributed by atoms with E-state index in [1.165, 1.54) is 7.11 Å². The summed E-state index contributed by atoms with van der Waals surface area (Å²) in [5.74, 6) is -0.442. The molecule has 6 heteroatoms. The number of nitrogens with two attached hydrogens (primary N) is 1. The van der Waals surface area contributed by atoms with Crippen molar-refractivity contribution in [3.63, 3.8) is 0 Å². The molecule has 5 nitrogen and oxygen atoms in total. The van der Waals surface area contributed by atoms with Gasteiger partial charge in [0.15, 0.2) is 0 Å². The van der Waals surface area contributed by atoms with Crippen LogP contribution >= 0.6 is 12.2 Å². The number of carbonyl (C=O) groups is 1. The summed E-state index contributed by atoms with van der Waals surface area (Å²) in [5.41, 5.74) is 6.69. The fourth-order valence-electron chi connectivity index (χ4n) is 1.55. The molecule has 0 saturated carbocycles. The number of carbonyl (C=O) groups excluding carboxylic acids is 1. The number of hydrogen-bond donors (Lipinski definition) is 1. The van der Waals surface area contributed by atoms with Crippen molar-refractivity contribution in [1.82, 2.24) is 4.98 Å². The minimum Gasteiger partial charge on any atom is -0.464 e. The number of rotatable bonds is 6. The maximum Gasteiger partial charge on any atom is 0.356 e. The standard InChI is InChI=1S/C12H17N3O2S/c1-3-15(7-5-11(13)18)9-4-6-14-10(8-9)12(16)17-2/h4,6,8H,3,5,7H2,1-2H3,(H2,13,18). The smallest absolute Gasteiger partial charge is 0.356 e. The molecule has 0 amide bonds. The molecule has 0 spiro atoms. The third-order valence-electron chi connectivity index (χ3n) is 2.51. The molecule has 0 radical (unpaired) electrons. The second-order valence-corrected chi connectivity index (χ2v) is 4.21. The van der Waals surface area contributed by atoms with Crippen LogP contribution in [0.4, 0.5) is 5.69 Å². The first kappa shape index (κ1) is 14.4. The van der Waals surface area contributed by atoms with E-state index in [0.717, 1.165) is 18.8 Å². The molecule has 0 saturated heterocycles. The molecule has 1 aromatic heterocycles. The maximum atomic E-state index is 11.4. The van der Waals surface area contributed by atoms with Gasteiger partial charge in [-0.15, -0.1) is 0 Å². The topological polar surface area (TPSA) is 68.5 Å². The lowest BCUT2D eigenvalue weighted by Gasteiger charge is -2.22. The Morgan fingerprint density at radius 2 is 2.33 bits per heavy atom. The van der Waals surface area contributed by atoms with Gasteiger partial charge in [0.25, 0.3) is 0 Å². The molecular weight excluding hydrogens is 250 g/mol. The molecule has 1 rings (SSSR count). The van der Waals surface area contributed by atoms with Crippen molar-refractivity contribution in [2.75, 3.05) is 25.1 Å². The van der Waals surface area contributed by atoms with Crippen molar-refractivity contribution in [2.24, 2.45) is 5.73 Å². The van der Waals surface area contributed by atoms with Crippen LogP contribution in [0.2, 0.25) is 0 Å². The van der Waals surface area contributed by atoms with Crippen molar-refractivity contribution >= 4 is 28.9 Å². The summed E-state index contributed by atoms with van der Waals surface area (Å²) in [7, 11) is 1.33. The van der Waals surface area contributed by atoms with Crippen molar-refractivity contribution in [3.8, 4) is 0 Å². The van der Waals surface area contributed by atoms with E-state index in [2.05, 4.69) is 14.6 Å². The number of hydrogen-bond acceptors (Lipinski definition) is 5. The van der Waals surface area contributed by atoms with E-state index in [1.807, 2.05) is 13.0 Å². The number of aromatic nitrogens is 1. The second-order valence-electron chi connectivity index (χ2n) is 3.69. The van der Waals surface area contributed by atoms with Gasteiger partial charge in [-0.05, 0) is 19.1 Å². The molecule has 0 fully saturated rings. The fraction of sp³-hybridized carbons (Fsp3) is 0.417. The first-order chi connectivity index (χ1) is 8.58. The molecule has 0 atom stereocenters. The third kappa shape index (κ3) is 3.96. The maximum absolute atomic E-state index is 11.4. The Bertz CT molecular complexity index is 437. The van der Waals surface area contributed by atoms with Crippen LogP contribution in [0.15, 0.2) is 18.3 Å². The zero-order valence-corrected chi connectivity index (χ0v) is 11.4. The Hall–Kier alpha value is -1.69. The highest BCUT2D eigenvalue weighted by atomic mass is 32.1. The van der Waals surface area contributed by atoms with Gasteiger partial charge in [-0.2, -0.15) is 0 Å². The quantitative estimate of drug-likeness (QED) is 0.620. The highest BCUT2D eigenvalue weighted by Gasteiger charge is 2.11. The lowest BCUT2D eigenvalue weighted by molar-refractivity contribution is 0.0594. The summed E-state index contributed by atoms with van der Waals surface area (Å²) < 4.78 is 4.64. The predicted molar refractivity (Wildman–Crippen MR) is 74.9 cm³/mol. The molecule has 0 unspecified atom stereocenters. The van der Waals surface area contributed by atoms with Gasteiger partial charge in [-0.25, -0.2) is 9.78 Å². The number of anilines is 1. The summed E-state index contributed by atoms with van der Waals surface area (Å²) in [4.78, 5) is 17.9. The van der Waals surface area contributed by atoms with Gasteiger partial charge < -0.3 is 15.4 Å². The van der Waals surface area contributed by atoms with Gasteiger partial charge in [0.2, 0.25) is 0 Å². The second kappa shape index (κ2) is 6.90. The van der Waals surface area contributed by atoms with E-state index in [9.17, 15) is 4.79 Å². The van der Waals surface area contributed by atoms with Gasteiger partial charge in [-0.3, -0.25) is 0 Å². The molecule has 1 heterocycles. The van der Waals surface area contributed by atoms with Gasteiger partial charge in [0, 0.05) is 31.4 Å². The molecule has 0 aromatic carbocycles. The van der Waals surface area contributed by atoms with E-state index in [0.29, 0.717) is 17.1 Å². The lowest BCUT2D eigenvalue weighted by atomic mass is 10.2. The first-order valence-electron chi connectivity index (χ1n) is 5.66. The van der Waals surface area contributed by atoms with Gasteiger partial charge >= 0.3 is 5.97 Å². The molecular formula is C12H17N3O2S. The highest BCUT2D eigenvalue weighted by Crippen LogP contribution is 2.15. The van der Waals surface area contributed by atoms with Gasteiger partial charge in [-0.1, -0.05) is 12.2 Å². The highest BCUT2D eigenvalue weighted by molar-refractivity contribution is 7.80. The third-order valence-corrected chi connectivity index (χ3v) is 2.72. The van der Waals surface area contributed by atoms with Crippen LogP contribution < -0.4 is 10.6 Å². The van der Waals surface area contributed by atoms with Crippen LogP contribution in [-0.2, 0) is 4.74 Å². The molecule has 1 aromatic rings. The van der Waals surface area contributed by atoms with Crippen molar-refractivity contribution in [3.05, 3.63) is 24.0 Å². The van der Waals surface area contributed by atoms with Crippen molar-refractivity contribution in [2.45, 2.75) is 13.3 Å². The van der Waals surface area contributed by atoms with Crippen LogP contribution in [0.3, 0.4) is 0 Å². The normalized spacial score (nSPS) is 9.89. The summed E-state index contributed by atoms with van der Waals surface area (Å²) in [6, 6.07) is 3.55. The Labute approximate surface area is 112 Å². The molecule has 18 heavy (non-hydrogen) atoms. The summed E-state index contributed by atoms with van der Waals surface area (Å²) >= 11 is 4.86. The number of nitrogens with zero attached hydrogens (tertiary/aromatic N) is 2. The van der Waals surface area contributed by atoms with Crippen LogP contribution in [0, 0.1) is 0 Å². The fourth-order valence-corrected chi connectivity index (χ4v) is 1.64. The van der Waals surface area contributed by atoms with Crippen LogP contribution in [0.25, 0.3) is 0 Å². The average Bonchev–Trinajstić information content (AvgIpc) is 2.38. The van der Waals surface area contributed by atoms with Crippen molar-refractivity contribution < 1.29 is 9.53 Å². The first-order valence-corrected chi connectivity index (χ1v) is 6.07. The molecule has 0 aliphatic heterocycles. The molecule has 0 aliphatic rings. The largest absolute Gasteiger partial charge is 0.464 e. The van der Waals surface area contributed by atoms with E-state index < -0.39 is 5.97 Å². The zero-order chi connectivity index (χ0) is 13.5. The number of esters is 1. The SMILES string of the molecule is CCN(CCC(N)=S)c1ccnc(C(=O)OC)c1. The van der Waals surface area contributed by atoms with Crippen LogP contribution in [0.5, 0.6) is 0 Å². The van der Waals surface area contributed by atoms with E-state index in [1.54, 1.807) is 12.3 Å². The summed E-state index contributed by atoms with van der Waals surface area (Å²) in [6.07, 6.45) is 2.23. The minimum atomic E-state index is -0.442. The van der Waals surface area contributed by atoms with Crippen LogP contribution in [0.1, 0.15) is 23.8 Å². The lowest BCUT2D eigenvalue weighted by Crippen LogP contribution is -2.27. The average molecular weight is 267 g/mol. The molecule has 0 aliphatic carbocycles. The minimum absolute atomic E-state index is 0.295. The van der Waals surface area contributed by atoms with Gasteiger partial charge in [0.1, 0.15) is 5.69 Å². The number of ether oxygens (including phenoxy) is 1. The Morgan fingerprint density at radius 1 is 1.61 bits per heavy atom. The Morgan fingerprint density at radius 3 is 2.89 bits per heavy atom. The van der Waals surface area contributed by atoms with Crippen LogP contribution in [-0.4, -0.2) is 36.1 Å². The zero-order valence-electron chi connectivity index (χ0n) is 10.5. The predicted octanol–water partition coefficient (Wildman–Crippen LogP) is 1.37. The van der Waals surface area contributed by atoms with Crippen molar-refractivity contribution in [1.29, 1.82) is 0 Å². The van der Waals surface area contributed by atoms with E-state index in [-0.39, 0.29) is 0 Å². The summed E-state index contributed by atoms with van der Waals surface area (Å²) in [6.45, 7) is 3.54. The van der Waals surface area contributed by atoms with Gasteiger partial charge in [0.05, 0.1) is 12.1 Å². The number of pyridine rings is 1. The molecule has 98 valence electrons. The Kier molecular flexibility index (Phi) is 5.51. The molecule has 2 N–H and O–H groups in total. The number of methoxy groups -OCH3 is 1. The van der Waals surface area contributed by atoms with E-state index >= 15 is 0 Å². The number of thiocarbonyl (C=S) groups is 1. The van der Waals surface area contributed by atoms with E-state index in [4.69, 9.17) is 18.0 Å². The Balaban J connectivity index is 2.85. The molecule has 0 bridgehead atoms. The summed E-state index contributed by atoms with van der Waals surface area (Å²) in [5, 5.41) is 0.